The molecule has 1 aromatic heterocycles. The first kappa shape index (κ1) is 17.5. The van der Waals surface area contributed by atoms with E-state index in [1.54, 1.807) is 23.1 Å². The topological polar surface area (TPSA) is 76.6 Å². The zero-order chi connectivity index (χ0) is 19.2. The summed E-state index contributed by atoms with van der Waals surface area (Å²) < 4.78 is 31.1. The Morgan fingerprint density at radius 1 is 1.15 bits per heavy atom. The van der Waals surface area contributed by atoms with Crippen molar-refractivity contribution in [2.45, 2.75) is 25.2 Å². The van der Waals surface area contributed by atoms with Gasteiger partial charge in [-0.25, -0.2) is 4.98 Å². The minimum absolute atomic E-state index is 0.0130. The van der Waals surface area contributed by atoms with Crippen LogP contribution < -0.4 is 9.08 Å². The average Bonchev–Trinajstić information content (AvgIpc) is 3.05. The van der Waals surface area contributed by atoms with E-state index in [1.807, 2.05) is 25.1 Å². The van der Waals surface area contributed by atoms with E-state index in [0.717, 1.165) is 16.6 Å². The predicted octanol–water partition coefficient (Wildman–Crippen LogP) is 3.22. The van der Waals surface area contributed by atoms with E-state index < -0.39 is 10.1 Å². The number of para-hydroxylation sites is 1. The first-order valence-electron chi connectivity index (χ1n) is 8.57. The van der Waals surface area contributed by atoms with E-state index in [2.05, 4.69) is 4.98 Å². The zero-order valence-corrected chi connectivity index (χ0v) is 15.8. The molecule has 0 saturated heterocycles. The molecule has 7 heteroatoms. The van der Waals surface area contributed by atoms with Crippen LogP contribution in [0.3, 0.4) is 0 Å². The van der Waals surface area contributed by atoms with Gasteiger partial charge in [0, 0.05) is 30.2 Å². The van der Waals surface area contributed by atoms with Crippen molar-refractivity contribution in [2.75, 3.05) is 11.4 Å². The van der Waals surface area contributed by atoms with Crippen molar-refractivity contribution in [1.29, 1.82) is 0 Å². The molecule has 0 fully saturated rings. The molecule has 0 atom stereocenters. The van der Waals surface area contributed by atoms with Crippen molar-refractivity contribution < 1.29 is 17.4 Å². The molecule has 27 heavy (non-hydrogen) atoms. The molecule has 3 aromatic rings. The number of fused-ring (bicyclic) bond motifs is 2. The average molecular weight is 382 g/mol. The number of nitrogens with zero attached hydrogens (tertiary/aromatic N) is 2. The smallest absolute Gasteiger partial charge is 0.339 e. The molecule has 0 N–H and O–H groups in total. The lowest BCUT2D eigenvalue weighted by Crippen LogP contribution is -2.26. The number of pyridine rings is 1. The SMILES string of the molecule is CC(=O)N1CCc2ccc(S(=O)(=O)Oc3cccc4ccc(C)nc34)cc21. The second kappa shape index (κ2) is 6.35. The van der Waals surface area contributed by atoms with Gasteiger partial charge in [0.05, 0.1) is 0 Å². The van der Waals surface area contributed by atoms with Crippen molar-refractivity contribution in [1.82, 2.24) is 4.98 Å². The number of hydrogen-bond donors (Lipinski definition) is 0. The van der Waals surface area contributed by atoms with Gasteiger partial charge in [0.1, 0.15) is 10.4 Å². The van der Waals surface area contributed by atoms with Gasteiger partial charge in [-0.05, 0) is 43.2 Å². The summed E-state index contributed by atoms with van der Waals surface area (Å²) in [7, 11) is -4.07. The maximum atomic E-state index is 12.9. The Kier molecular flexibility index (Phi) is 4.11. The first-order chi connectivity index (χ1) is 12.8. The van der Waals surface area contributed by atoms with Gasteiger partial charge in [-0.1, -0.05) is 24.3 Å². The Morgan fingerprint density at radius 2 is 1.96 bits per heavy atom. The predicted molar refractivity (Wildman–Crippen MR) is 102 cm³/mol. The number of anilines is 1. The highest BCUT2D eigenvalue weighted by Gasteiger charge is 2.26. The molecule has 0 radical (unpaired) electrons. The fourth-order valence-corrected chi connectivity index (χ4v) is 4.25. The monoisotopic (exact) mass is 382 g/mol. The van der Waals surface area contributed by atoms with Crippen molar-refractivity contribution in [2.24, 2.45) is 0 Å². The third-order valence-corrected chi connectivity index (χ3v) is 5.87. The fourth-order valence-electron chi connectivity index (χ4n) is 3.29. The van der Waals surface area contributed by atoms with Crippen LogP contribution in [0, 0.1) is 6.92 Å². The Labute approximate surface area is 157 Å². The molecule has 138 valence electrons. The quantitative estimate of drug-likeness (QED) is 0.650. The van der Waals surface area contributed by atoms with Gasteiger partial charge in [0.2, 0.25) is 5.91 Å². The number of hydrogen-bond acceptors (Lipinski definition) is 5. The maximum absolute atomic E-state index is 12.9. The standard InChI is InChI=1S/C20H18N2O4S/c1-13-6-7-16-4-3-5-19(20(16)21-13)26-27(24,25)17-9-8-15-10-11-22(14(2)23)18(15)12-17/h3-9,12H,10-11H2,1-2H3. The summed E-state index contributed by atoms with van der Waals surface area (Å²) in [5.74, 6) is 0.0677. The fraction of sp³-hybridized carbons (Fsp3) is 0.200. The number of aryl methyl sites for hydroxylation is 1. The summed E-state index contributed by atoms with van der Waals surface area (Å²) >= 11 is 0. The van der Waals surface area contributed by atoms with Crippen LogP contribution in [0.4, 0.5) is 5.69 Å². The number of carbonyl (C=O) groups excluding carboxylic acids is 1. The van der Waals surface area contributed by atoms with Crippen molar-refractivity contribution in [3.8, 4) is 5.75 Å². The molecular formula is C20H18N2O4S. The third kappa shape index (κ3) is 3.14. The van der Waals surface area contributed by atoms with E-state index in [0.29, 0.717) is 24.2 Å². The summed E-state index contributed by atoms with van der Waals surface area (Å²) in [4.78, 5) is 17.8. The summed E-state index contributed by atoms with van der Waals surface area (Å²) in [6.45, 7) is 3.86. The van der Waals surface area contributed by atoms with Crippen molar-refractivity contribution in [3.63, 3.8) is 0 Å². The summed E-state index contributed by atoms with van der Waals surface area (Å²) in [6.07, 6.45) is 0.711. The van der Waals surface area contributed by atoms with E-state index in [9.17, 15) is 13.2 Å². The van der Waals surface area contributed by atoms with Gasteiger partial charge in [-0.3, -0.25) is 4.79 Å². The van der Waals surface area contributed by atoms with Gasteiger partial charge in [-0.2, -0.15) is 8.42 Å². The third-order valence-electron chi connectivity index (χ3n) is 4.64. The summed E-state index contributed by atoms with van der Waals surface area (Å²) in [5.41, 5.74) is 2.84. The lowest BCUT2D eigenvalue weighted by Gasteiger charge is -2.16. The number of rotatable bonds is 3. The molecular weight excluding hydrogens is 364 g/mol. The van der Waals surface area contributed by atoms with Crippen LogP contribution in [0.2, 0.25) is 0 Å². The summed E-state index contributed by atoms with van der Waals surface area (Å²) in [6, 6.07) is 13.6. The molecule has 2 aromatic carbocycles. The summed E-state index contributed by atoms with van der Waals surface area (Å²) in [5, 5.41) is 0.796. The molecule has 1 aliphatic heterocycles. The number of amides is 1. The Morgan fingerprint density at radius 3 is 2.74 bits per heavy atom. The van der Waals surface area contributed by atoms with Gasteiger partial charge < -0.3 is 9.08 Å². The van der Waals surface area contributed by atoms with Crippen LogP contribution in [0.15, 0.2) is 53.4 Å². The van der Waals surface area contributed by atoms with E-state index in [4.69, 9.17) is 4.18 Å². The van der Waals surface area contributed by atoms with Crippen molar-refractivity contribution >= 4 is 32.6 Å². The van der Waals surface area contributed by atoms with Gasteiger partial charge in [0.15, 0.2) is 5.75 Å². The van der Waals surface area contributed by atoms with Crippen LogP contribution in [0.5, 0.6) is 5.75 Å². The van der Waals surface area contributed by atoms with Gasteiger partial charge >= 0.3 is 10.1 Å². The molecule has 1 amide bonds. The van der Waals surface area contributed by atoms with Crippen LogP contribution in [0.1, 0.15) is 18.2 Å². The lowest BCUT2D eigenvalue weighted by molar-refractivity contribution is -0.116. The highest BCUT2D eigenvalue weighted by Crippen LogP contribution is 2.32. The molecule has 0 saturated carbocycles. The molecule has 2 heterocycles. The highest BCUT2D eigenvalue weighted by molar-refractivity contribution is 7.87. The highest BCUT2D eigenvalue weighted by atomic mass is 32.2. The largest absolute Gasteiger partial charge is 0.377 e. The maximum Gasteiger partial charge on any atom is 0.339 e. The van der Waals surface area contributed by atoms with E-state index >= 15 is 0 Å². The Hall–Kier alpha value is -2.93. The second-order valence-corrected chi connectivity index (χ2v) is 8.08. The second-order valence-electron chi connectivity index (χ2n) is 6.53. The van der Waals surface area contributed by atoms with Crippen LogP contribution in [-0.4, -0.2) is 25.9 Å². The molecule has 0 spiro atoms. The van der Waals surface area contributed by atoms with Crippen molar-refractivity contribution in [3.05, 3.63) is 59.8 Å². The lowest BCUT2D eigenvalue weighted by atomic mass is 10.2. The molecule has 6 nitrogen and oxygen atoms in total. The van der Waals surface area contributed by atoms with Gasteiger partial charge in [0.25, 0.3) is 0 Å². The molecule has 1 aliphatic rings. The molecule has 0 unspecified atom stereocenters. The van der Waals surface area contributed by atoms with Crippen LogP contribution in [-0.2, 0) is 21.3 Å². The van der Waals surface area contributed by atoms with E-state index in [-0.39, 0.29) is 16.6 Å². The number of carbonyl (C=O) groups is 1. The first-order valence-corrected chi connectivity index (χ1v) is 9.98. The molecule has 0 aliphatic carbocycles. The molecule has 4 rings (SSSR count). The Balaban J connectivity index is 1.75. The van der Waals surface area contributed by atoms with Gasteiger partial charge in [-0.15, -0.1) is 0 Å². The Bertz CT molecular complexity index is 1170. The molecule has 0 bridgehead atoms. The van der Waals surface area contributed by atoms with Crippen LogP contribution in [0.25, 0.3) is 10.9 Å². The minimum atomic E-state index is -4.07. The zero-order valence-electron chi connectivity index (χ0n) is 15.0. The number of benzene rings is 2. The minimum Gasteiger partial charge on any atom is -0.377 e. The van der Waals surface area contributed by atoms with E-state index in [1.165, 1.54) is 19.1 Å². The normalized spacial score (nSPS) is 13.6. The van der Waals surface area contributed by atoms with Crippen LogP contribution >= 0.6 is 0 Å². The number of aromatic nitrogens is 1.